The van der Waals surface area contributed by atoms with Gasteiger partial charge in [0.05, 0.1) is 22.9 Å². The number of aromatic amines is 1. The van der Waals surface area contributed by atoms with Crippen molar-refractivity contribution in [1.82, 2.24) is 25.8 Å². The standard InChI is InChI=1S/C30H31N5O2/c36-30(33-29(19-4-5-19)27-3-1-2-14-31-27)20-8-13-26-25(15-20)28(35-34-26)18-6-11-23(12-7-18)37-24-16-21-9-10-22(17-24)32-21/h1-3,6-8,11-15,19,21-22,24,29,32H,4-5,9-10,16-17H2,(H,33,36)(H,34,35)/t21?,22?,24?,29-/m0/s1. The molecule has 2 aromatic carbocycles. The van der Waals surface area contributed by atoms with E-state index in [0.717, 1.165) is 59.3 Å². The van der Waals surface area contributed by atoms with Crippen LogP contribution in [0.2, 0.25) is 0 Å². The molecule has 0 radical (unpaired) electrons. The lowest BCUT2D eigenvalue weighted by Crippen LogP contribution is -2.42. The van der Waals surface area contributed by atoms with Gasteiger partial charge in [-0.25, -0.2) is 0 Å². The van der Waals surface area contributed by atoms with Gasteiger partial charge >= 0.3 is 0 Å². The largest absolute Gasteiger partial charge is 0.490 e. The first-order valence-corrected chi connectivity index (χ1v) is 13.4. The SMILES string of the molecule is O=C(N[C@H](c1ccccn1)C1CC1)c1ccc2[nH]nc(-c3ccc(OC4CC5CCC(C4)N5)cc3)c2c1. The quantitative estimate of drug-likeness (QED) is 0.330. The number of hydrogen-bond donors (Lipinski definition) is 3. The lowest BCUT2D eigenvalue weighted by molar-refractivity contribution is 0.0930. The van der Waals surface area contributed by atoms with Gasteiger partial charge in [-0.1, -0.05) is 6.07 Å². The number of piperidine rings is 1. The van der Waals surface area contributed by atoms with Crippen LogP contribution in [0.5, 0.6) is 5.75 Å². The predicted molar refractivity (Wildman–Crippen MR) is 142 cm³/mol. The maximum atomic E-state index is 13.3. The fourth-order valence-corrected chi connectivity index (χ4v) is 6.01. The van der Waals surface area contributed by atoms with E-state index in [1.165, 1.54) is 12.8 Å². The van der Waals surface area contributed by atoms with E-state index in [0.29, 0.717) is 23.6 Å². The van der Waals surface area contributed by atoms with Crippen LogP contribution < -0.4 is 15.4 Å². The maximum Gasteiger partial charge on any atom is 0.251 e. The molecule has 2 bridgehead atoms. The Morgan fingerprint density at radius 2 is 1.78 bits per heavy atom. The van der Waals surface area contributed by atoms with E-state index in [4.69, 9.17) is 4.74 Å². The summed E-state index contributed by atoms with van der Waals surface area (Å²) >= 11 is 0. The summed E-state index contributed by atoms with van der Waals surface area (Å²) in [7, 11) is 0. The molecule has 3 N–H and O–H groups in total. The number of hydrogen-bond acceptors (Lipinski definition) is 5. The van der Waals surface area contributed by atoms with Crippen molar-refractivity contribution in [2.45, 2.75) is 62.8 Å². The average molecular weight is 494 g/mol. The number of nitrogens with one attached hydrogen (secondary N) is 3. The first-order chi connectivity index (χ1) is 18.2. The Morgan fingerprint density at radius 1 is 0.973 bits per heavy atom. The van der Waals surface area contributed by atoms with Gasteiger partial charge in [-0.2, -0.15) is 5.10 Å². The van der Waals surface area contributed by atoms with Gasteiger partial charge in [-0.05, 0) is 99.0 Å². The van der Waals surface area contributed by atoms with Crippen molar-refractivity contribution in [3.05, 3.63) is 78.1 Å². The highest BCUT2D eigenvalue weighted by atomic mass is 16.5. The molecule has 4 heterocycles. The Balaban J connectivity index is 1.09. The monoisotopic (exact) mass is 493 g/mol. The Hall–Kier alpha value is -3.71. The second-order valence-corrected chi connectivity index (χ2v) is 10.7. The molecular formula is C30H31N5O2. The normalized spacial score (nSPS) is 23.6. The van der Waals surface area contributed by atoms with Crippen molar-refractivity contribution in [3.63, 3.8) is 0 Å². The molecule has 1 saturated carbocycles. The fraction of sp³-hybridized carbons (Fsp3) is 0.367. The topological polar surface area (TPSA) is 91.9 Å². The van der Waals surface area contributed by atoms with Gasteiger partial charge in [0.1, 0.15) is 11.9 Å². The number of nitrogens with zero attached hydrogens (tertiary/aromatic N) is 2. The van der Waals surface area contributed by atoms with Crippen LogP contribution in [0.1, 0.15) is 60.6 Å². The first kappa shape index (κ1) is 22.5. The minimum absolute atomic E-state index is 0.0594. The Labute approximate surface area is 216 Å². The second kappa shape index (κ2) is 9.30. The highest BCUT2D eigenvalue weighted by molar-refractivity contribution is 6.01. The molecule has 188 valence electrons. The molecule has 7 nitrogen and oxygen atoms in total. The van der Waals surface area contributed by atoms with Crippen molar-refractivity contribution in [2.24, 2.45) is 5.92 Å². The lowest BCUT2D eigenvalue weighted by atomic mass is 10.0. The molecule has 3 atom stereocenters. The molecular weight excluding hydrogens is 462 g/mol. The molecule has 1 amide bonds. The van der Waals surface area contributed by atoms with Gasteiger partial charge in [0.25, 0.3) is 5.91 Å². The number of pyridine rings is 1. The minimum atomic E-state index is -0.0868. The molecule has 7 heteroatoms. The third-order valence-corrected chi connectivity index (χ3v) is 8.07. The molecule has 4 aromatic rings. The molecule has 2 aromatic heterocycles. The summed E-state index contributed by atoms with van der Waals surface area (Å²) in [6.45, 7) is 0. The van der Waals surface area contributed by atoms with Gasteiger partial charge in [0.2, 0.25) is 0 Å². The Kier molecular flexibility index (Phi) is 5.65. The van der Waals surface area contributed by atoms with Crippen molar-refractivity contribution in [3.8, 4) is 17.0 Å². The highest BCUT2D eigenvalue weighted by Gasteiger charge is 2.35. The van der Waals surface area contributed by atoms with Crippen LogP contribution in [-0.2, 0) is 0 Å². The van der Waals surface area contributed by atoms with E-state index < -0.39 is 0 Å². The fourth-order valence-electron chi connectivity index (χ4n) is 6.01. The molecule has 1 aliphatic carbocycles. The maximum absolute atomic E-state index is 13.3. The van der Waals surface area contributed by atoms with Crippen LogP contribution in [0.4, 0.5) is 0 Å². The molecule has 2 saturated heterocycles. The summed E-state index contributed by atoms with van der Waals surface area (Å²) in [5, 5.41) is 15.5. The molecule has 7 rings (SSSR count). The molecule has 3 fully saturated rings. The van der Waals surface area contributed by atoms with Gasteiger partial charge in [0, 0.05) is 34.8 Å². The first-order valence-electron chi connectivity index (χ1n) is 13.4. The van der Waals surface area contributed by atoms with Crippen molar-refractivity contribution < 1.29 is 9.53 Å². The number of benzene rings is 2. The summed E-state index contributed by atoms with van der Waals surface area (Å²) in [4.78, 5) is 17.8. The van der Waals surface area contributed by atoms with Crippen LogP contribution in [0.15, 0.2) is 66.9 Å². The number of rotatable bonds is 7. The van der Waals surface area contributed by atoms with Crippen LogP contribution >= 0.6 is 0 Å². The number of ether oxygens (including phenoxy) is 1. The van der Waals surface area contributed by atoms with E-state index in [9.17, 15) is 4.79 Å². The minimum Gasteiger partial charge on any atom is -0.490 e. The van der Waals surface area contributed by atoms with Crippen molar-refractivity contribution in [1.29, 1.82) is 0 Å². The molecule has 2 aliphatic heterocycles. The number of amides is 1. The second-order valence-electron chi connectivity index (χ2n) is 10.7. The smallest absolute Gasteiger partial charge is 0.251 e. The van der Waals surface area contributed by atoms with Crippen LogP contribution in [-0.4, -0.2) is 39.3 Å². The van der Waals surface area contributed by atoms with E-state index in [2.05, 4.69) is 37.9 Å². The number of H-pyrrole nitrogens is 1. The Bertz CT molecular complexity index is 1400. The summed E-state index contributed by atoms with van der Waals surface area (Å²) in [6.07, 6.45) is 8.98. The van der Waals surface area contributed by atoms with Crippen LogP contribution in [0.3, 0.4) is 0 Å². The zero-order valence-corrected chi connectivity index (χ0v) is 20.7. The third-order valence-electron chi connectivity index (χ3n) is 8.07. The molecule has 3 aliphatic rings. The molecule has 2 unspecified atom stereocenters. The van der Waals surface area contributed by atoms with Gasteiger partial charge in [0.15, 0.2) is 0 Å². The summed E-state index contributed by atoms with van der Waals surface area (Å²) in [5.41, 5.74) is 4.27. The van der Waals surface area contributed by atoms with Gasteiger partial charge < -0.3 is 15.4 Å². The van der Waals surface area contributed by atoms with E-state index >= 15 is 0 Å². The summed E-state index contributed by atoms with van der Waals surface area (Å²) in [6, 6.07) is 20.9. The molecule has 37 heavy (non-hydrogen) atoms. The Morgan fingerprint density at radius 3 is 2.51 bits per heavy atom. The van der Waals surface area contributed by atoms with Gasteiger partial charge in [-0.15, -0.1) is 0 Å². The average Bonchev–Trinajstić information content (AvgIpc) is 3.60. The summed E-state index contributed by atoms with van der Waals surface area (Å²) in [5.74, 6) is 1.26. The zero-order valence-electron chi connectivity index (χ0n) is 20.7. The summed E-state index contributed by atoms with van der Waals surface area (Å²) < 4.78 is 6.32. The number of carbonyl (C=O) groups excluding carboxylic acids is 1. The lowest BCUT2D eigenvalue weighted by Gasteiger charge is -2.29. The number of fused-ring (bicyclic) bond motifs is 3. The van der Waals surface area contributed by atoms with E-state index in [-0.39, 0.29) is 18.1 Å². The van der Waals surface area contributed by atoms with Gasteiger partial charge in [-0.3, -0.25) is 14.9 Å². The van der Waals surface area contributed by atoms with E-state index in [1.54, 1.807) is 6.20 Å². The van der Waals surface area contributed by atoms with Crippen LogP contribution in [0, 0.1) is 5.92 Å². The number of aromatic nitrogens is 3. The van der Waals surface area contributed by atoms with Crippen molar-refractivity contribution >= 4 is 16.8 Å². The van der Waals surface area contributed by atoms with Crippen molar-refractivity contribution in [2.75, 3.05) is 0 Å². The van der Waals surface area contributed by atoms with Crippen LogP contribution in [0.25, 0.3) is 22.2 Å². The van der Waals surface area contributed by atoms with E-state index in [1.807, 2.05) is 48.5 Å². The number of carbonyl (C=O) groups is 1. The molecule has 0 spiro atoms. The highest BCUT2D eigenvalue weighted by Crippen LogP contribution is 2.40. The predicted octanol–water partition coefficient (Wildman–Crippen LogP) is 5.17. The third kappa shape index (κ3) is 4.60. The zero-order chi connectivity index (χ0) is 24.8.